The van der Waals surface area contributed by atoms with Gasteiger partial charge in [0, 0.05) is 30.9 Å². The SMILES string of the molecule is O=C(c1cccc(F)c1)N1CCC(Oc2ncccn2)C1. The van der Waals surface area contributed by atoms with E-state index in [1.165, 1.54) is 18.2 Å². The first-order chi connectivity index (χ1) is 10.2. The van der Waals surface area contributed by atoms with E-state index in [0.717, 1.165) is 0 Å². The summed E-state index contributed by atoms with van der Waals surface area (Å²) >= 11 is 0. The van der Waals surface area contributed by atoms with Crippen LogP contribution in [0.15, 0.2) is 42.7 Å². The Morgan fingerprint density at radius 2 is 2.10 bits per heavy atom. The smallest absolute Gasteiger partial charge is 0.316 e. The maximum atomic E-state index is 13.2. The summed E-state index contributed by atoms with van der Waals surface area (Å²) in [4.78, 5) is 21.9. The minimum absolute atomic E-state index is 0.134. The Labute approximate surface area is 121 Å². The summed E-state index contributed by atoms with van der Waals surface area (Å²) in [6, 6.07) is 7.73. The average molecular weight is 287 g/mol. The quantitative estimate of drug-likeness (QED) is 0.865. The van der Waals surface area contributed by atoms with Gasteiger partial charge < -0.3 is 9.64 Å². The molecule has 1 aromatic heterocycles. The van der Waals surface area contributed by atoms with Gasteiger partial charge in [0.2, 0.25) is 0 Å². The normalized spacial score (nSPS) is 17.8. The molecule has 2 aromatic rings. The number of ether oxygens (including phenoxy) is 1. The van der Waals surface area contributed by atoms with Crippen molar-refractivity contribution in [1.82, 2.24) is 14.9 Å². The number of hydrogen-bond acceptors (Lipinski definition) is 4. The van der Waals surface area contributed by atoms with Gasteiger partial charge in [-0.1, -0.05) is 6.07 Å². The number of aromatic nitrogens is 2. The molecule has 1 amide bonds. The lowest BCUT2D eigenvalue weighted by Gasteiger charge is -2.16. The van der Waals surface area contributed by atoms with E-state index in [9.17, 15) is 9.18 Å². The van der Waals surface area contributed by atoms with Crippen molar-refractivity contribution in [1.29, 1.82) is 0 Å². The Bertz CT molecular complexity index is 636. The van der Waals surface area contributed by atoms with Crippen LogP contribution in [0.2, 0.25) is 0 Å². The maximum absolute atomic E-state index is 13.2. The molecule has 3 rings (SSSR count). The molecule has 0 radical (unpaired) electrons. The number of halogens is 1. The van der Waals surface area contributed by atoms with Gasteiger partial charge in [-0.25, -0.2) is 14.4 Å². The molecule has 1 fully saturated rings. The van der Waals surface area contributed by atoms with Crippen LogP contribution in [0.25, 0.3) is 0 Å². The lowest BCUT2D eigenvalue weighted by atomic mass is 10.2. The van der Waals surface area contributed by atoms with Crippen LogP contribution in [0.1, 0.15) is 16.8 Å². The van der Waals surface area contributed by atoms with Crippen molar-refractivity contribution in [2.45, 2.75) is 12.5 Å². The van der Waals surface area contributed by atoms with Crippen molar-refractivity contribution in [3.05, 3.63) is 54.1 Å². The van der Waals surface area contributed by atoms with Gasteiger partial charge in [0.25, 0.3) is 5.91 Å². The predicted octanol–water partition coefficient (Wildman–Crippen LogP) is 1.91. The molecule has 0 N–H and O–H groups in total. The van der Waals surface area contributed by atoms with Gasteiger partial charge in [-0.3, -0.25) is 4.79 Å². The van der Waals surface area contributed by atoms with Crippen molar-refractivity contribution in [2.75, 3.05) is 13.1 Å². The van der Waals surface area contributed by atoms with E-state index in [-0.39, 0.29) is 12.0 Å². The molecule has 0 aliphatic carbocycles. The maximum Gasteiger partial charge on any atom is 0.316 e. The molecule has 2 heterocycles. The second-order valence-corrected chi connectivity index (χ2v) is 4.82. The highest BCUT2D eigenvalue weighted by atomic mass is 19.1. The molecule has 21 heavy (non-hydrogen) atoms. The highest BCUT2D eigenvalue weighted by Gasteiger charge is 2.28. The summed E-state index contributed by atoms with van der Waals surface area (Å²) in [6.45, 7) is 1.03. The van der Waals surface area contributed by atoms with E-state index in [2.05, 4.69) is 9.97 Å². The first-order valence-electron chi connectivity index (χ1n) is 6.71. The number of benzene rings is 1. The standard InChI is InChI=1S/C15H14FN3O2/c16-12-4-1-3-11(9-12)14(20)19-8-5-13(10-19)21-15-17-6-2-7-18-15/h1-4,6-7,9,13H,5,8,10H2. The van der Waals surface area contributed by atoms with Gasteiger partial charge in [-0.05, 0) is 24.3 Å². The molecule has 0 saturated carbocycles. The molecule has 1 aliphatic rings. The molecule has 0 bridgehead atoms. The lowest BCUT2D eigenvalue weighted by Crippen LogP contribution is -2.31. The van der Waals surface area contributed by atoms with Gasteiger partial charge in [-0.2, -0.15) is 0 Å². The highest BCUT2D eigenvalue weighted by molar-refractivity contribution is 5.94. The Balaban J connectivity index is 1.63. The average Bonchev–Trinajstić information content (AvgIpc) is 2.96. The zero-order valence-electron chi connectivity index (χ0n) is 11.3. The van der Waals surface area contributed by atoms with Gasteiger partial charge in [0.05, 0.1) is 6.54 Å². The van der Waals surface area contributed by atoms with Crippen molar-refractivity contribution in [3.8, 4) is 6.01 Å². The predicted molar refractivity (Wildman–Crippen MR) is 73.4 cm³/mol. The largest absolute Gasteiger partial charge is 0.458 e. The highest BCUT2D eigenvalue weighted by Crippen LogP contribution is 2.17. The molecule has 1 saturated heterocycles. The third-order valence-electron chi connectivity index (χ3n) is 3.32. The molecule has 1 unspecified atom stereocenters. The minimum Gasteiger partial charge on any atom is -0.458 e. The first kappa shape index (κ1) is 13.5. The van der Waals surface area contributed by atoms with Crippen molar-refractivity contribution in [3.63, 3.8) is 0 Å². The Morgan fingerprint density at radius 3 is 2.86 bits per heavy atom. The lowest BCUT2D eigenvalue weighted by molar-refractivity contribution is 0.0769. The molecule has 6 heteroatoms. The van der Waals surface area contributed by atoms with Gasteiger partial charge in [0.1, 0.15) is 11.9 Å². The summed E-state index contributed by atoms with van der Waals surface area (Å²) in [6.07, 6.45) is 3.78. The number of carbonyl (C=O) groups excluding carboxylic acids is 1. The fourth-order valence-corrected chi connectivity index (χ4v) is 2.31. The molecule has 5 nitrogen and oxygen atoms in total. The number of hydrogen-bond donors (Lipinski definition) is 0. The van der Waals surface area contributed by atoms with Crippen LogP contribution in [-0.4, -0.2) is 40.0 Å². The van der Waals surface area contributed by atoms with E-state index in [0.29, 0.717) is 31.1 Å². The van der Waals surface area contributed by atoms with Crippen LogP contribution in [0.5, 0.6) is 6.01 Å². The zero-order chi connectivity index (χ0) is 14.7. The van der Waals surface area contributed by atoms with Crippen LogP contribution in [0.4, 0.5) is 4.39 Å². The number of carbonyl (C=O) groups is 1. The van der Waals surface area contributed by atoms with Gasteiger partial charge in [-0.15, -0.1) is 0 Å². The first-order valence-corrected chi connectivity index (χ1v) is 6.71. The number of amides is 1. The van der Waals surface area contributed by atoms with Crippen molar-refractivity contribution in [2.24, 2.45) is 0 Å². The van der Waals surface area contributed by atoms with Gasteiger partial charge in [0.15, 0.2) is 0 Å². The second-order valence-electron chi connectivity index (χ2n) is 4.82. The fourth-order valence-electron chi connectivity index (χ4n) is 2.31. The summed E-state index contributed by atoms with van der Waals surface area (Å²) in [5, 5.41) is 0. The fraction of sp³-hybridized carbons (Fsp3) is 0.267. The molecule has 1 atom stereocenters. The number of rotatable bonds is 3. The number of likely N-dealkylation sites (tertiary alicyclic amines) is 1. The molecule has 0 spiro atoms. The summed E-state index contributed by atoms with van der Waals surface area (Å²) in [5.41, 5.74) is 0.353. The van der Waals surface area contributed by atoms with Crippen LogP contribution in [-0.2, 0) is 0 Å². The van der Waals surface area contributed by atoms with Crippen LogP contribution < -0.4 is 4.74 Å². The summed E-state index contributed by atoms with van der Waals surface area (Å²) in [5.74, 6) is -0.597. The van der Waals surface area contributed by atoms with Crippen LogP contribution in [0.3, 0.4) is 0 Å². The monoisotopic (exact) mass is 287 g/mol. The minimum atomic E-state index is -0.412. The van der Waals surface area contributed by atoms with Crippen LogP contribution in [0, 0.1) is 5.82 Å². The summed E-state index contributed by atoms with van der Waals surface area (Å²) < 4.78 is 18.8. The van der Waals surface area contributed by atoms with Crippen LogP contribution >= 0.6 is 0 Å². The molecular formula is C15H14FN3O2. The van der Waals surface area contributed by atoms with Gasteiger partial charge >= 0.3 is 6.01 Å². The molecule has 108 valence electrons. The van der Waals surface area contributed by atoms with Crippen molar-refractivity contribution < 1.29 is 13.9 Å². The Kier molecular flexibility index (Phi) is 3.77. The molecular weight excluding hydrogens is 273 g/mol. The van der Waals surface area contributed by atoms with Crippen molar-refractivity contribution >= 4 is 5.91 Å². The van der Waals surface area contributed by atoms with E-state index < -0.39 is 5.82 Å². The van der Waals surface area contributed by atoms with E-state index in [1.54, 1.807) is 29.4 Å². The van der Waals surface area contributed by atoms with E-state index in [1.807, 2.05) is 0 Å². The molecule has 1 aromatic carbocycles. The number of nitrogens with zero attached hydrogens (tertiary/aromatic N) is 3. The third-order valence-corrected chi connectivity index (χ3v) is 3.32. The van der Waals surface area contributed by atoms with E-state index in [4.69, 9.17) is 4.74 Å². The third kappa shape index (κ3) is 3.16. The molecule has 1 aliphatic heterocycles. The Morgan fingerprint density at radius 1 is 1.29 bits per heavy atom. The zero-order valence-corrected chi connectivity index (χ0v) is 11.3. The Hall–Kier alpha value is -2.50. The summed E-state index contributed by atoms with van der Waals surface area (Å²) in [7, 11) is 0. The van der Waals surface area contributed by atoms with E-state index >= 15 is 0 Å². The second kappa shape index (κ2) is 5.87. The topological polar surface area (TPSA) is 55.3 Å².